The van der Waals surface area contributed by atoms with Crippen LogP contribution in [0, 0.1) is 0 Å². The predicted octanol–water partition coefficient (Wildman–Crippen LogP) is -1.37. The average molecular weight is 161 g/mol. The molecule has 0 aromatic rings. The molecule has 1 unspecified atom stereocenters. The first-order chi connectivity index (χ1) is 5.13. The molecule has 0 saturated carbocycles. The first kappa shape index (κ1) is 10.2. The number of amides is 2. The van der Waals surface area contributed by atoms with Gasteiger partial charge in [-0.1, -0.05) is 0 Å². The second-order valence-corrected chi connectivity index (χ2v) is 2.34. The van der Waals surface area contributed by atoms with Crippen molar-refractivity contribution in [3.63, 3.8) is 0 Å². The third-order valence-corrected chi connectivity index (χ3v) is 1.04. The van der Waals surface area contributed by atoms with Crippen molar-refractivity contribution in [2.75, 3.05) is 19.6 Å². The van der Waals surface area contributed by atoms with Gasteiger partial charge in [-0.2, -0.15) is 0 Å². The maximum absolute atomic E-state index is 10.1. The van der Waals surface area contributed by atoms with Crippen LogP contribution >= 0.6 is 0 Å². The lowest BCUT2D eigenvalue weighted by Gasteiger charge is -2.06. The van der Waals surface area contributed by atoms with Gasteiger partial charge in [0.25, 0.3) is 0 Å². The minimum Gasteiger partial charge on any atom is -0.392 e. The van der Waals surface area contributed by atoms with Gasteiger partial charge in [-0.3, -0.25) is 0 Å². The molecule has 0 aliphatic carbocycles. The third-order valence-electron chi connectivity index (χ3n) is 1.04. The Kier molecular flexibility index (Phi) is 5.50. The summed E-state index contributed by atoms with van der Waals surface area (Å²) in [5.74, 6) is 0. The number of carbonyl (C=O) groups excluding carboxylic acids is 1. The monoisotopic (exact) mass is 161 g/mol. The van der Waals surface area contributed by atoms with Crippen molar-refractivity contribution in [3.05, 3.63) is 0 Å². The molecule has 66 valence electrons. The number of rotatable bonds is 5. The van der Waals surface area contributed by atoms with Crippen molar-refractivity contribution in [2.24, 2.45) is 5.73 Å². The first-order valence-corrected chi connectivity index (χ1v) is 3.55. The fourth-order valence-corrected chi connectivity index (χ4v) is 0.585. The molecule has 0 aliphatic heterocycles. The van der Waals surface area contributed by atoms with Crippen molar-refractivity contribution in [1.82, 2.24) is 10.6 Å². The van der Waals surface area contributed by atoms with Crippen LogP contribution in [0.2, 0.25) is 0 Å². The topological polar surface area (TPSA) is 87.4 Å². The van der Waals surface area contributed by atoms with E-state index in [0.29, 0.717) is 19.6 Å². The van der Waals surface area contributed by atoms with Crippen molar-refractivity contribution in [2.45, 2.75) is 13.0 Å². The molecule has 5 N–H and O–H groups in total. The molecule has 0 radical (unpaired) electrons. The molecule has 1 atom stereocenters. The third kappa shape index (κ3) is 9.19. The molecule has 11 heavy (non-hydrogen) atoms. The number of aliphatic hydroxyl groups excluding tert-OH is 1. The summed E-state index contributed by atoms with van der Waals surface area (Å²) in [6, 6.07) is -0.524. The van der Waals surface area contributed by atoms with E-state index in [1.54, 1.807) is 6.92 Å². The zero-order valence-electron chi connectivity index (χ0n) is 6.63. The molecular weight excluding hydrogens is 146 g/mol. The van der Waals surface area contributed by atoms with Gasteiger partial charge in [0.2, 0.25) is 0 Å². The molecular formula is C6H15N3O2. The minimum absolute atomic E-state index is 0.358. The van der Waals surface area contributed by atoms with Crippen molar-refractivity contribution in [3.8, 4) is 0 Å². The molecule has 0 heterocycles. The van der Waals surface area contributed by atoms with Crippen molar-refractivity contribution < 1.29 is 9.90 Å². The normalized spacial score (nSPS) is 12.5. The van der Waals surface area contributed by atoms with E-state index in [1.807, 2.05) is 0 Å². The molecule has 5 heteroatoms. The summed E-state index contributed by atoms with van der Waals surface area (Å²) in [7, 11) is 0. The maximum atomic E-state index is 10.1. The van der Waals surface area contributed by atoms with Crippen LogP contribution in [0.15, 0.2) is 0 Å². The van der Waals surface area contributed by atoms with Crippen LogP contribution in [0.3, 0.4) is 0 Å². The number of nitrogens with one attached hydrogen (secondary N) is 2. The molecule has 5 nitrogen and oxygen atoms in total. The molecule has 0 fully saturated rings. The fourth-order valence-electron chi connectivity index (χ4n) is 0.585. The van der Waals surface area contributed by atoms with Gasteiger partial charge in [-0.15, -0.1) is 0 Å². The van der Waals surface area contributed by atoms with Crippen LogP contribution < -0.4 is 16.4 Å². The molecule has 2 amide bonds. The molecule has 0 saturated heterocycles. The Morgan fingerprint density at radius 1 is 1.64 bits per heavy atom. The molecule has 0 aromatic carbocycles. The first-order valence-electron chi connectivity index (χ1n) is 3.55. The van der Waals surface area contributed by atoms with E-state index in [-0.39, 0.29) is 6.10 Å². The Hall–Kier alpha value is -0.810. The largest absolute Gasteiger partial charge is 0.392 e. The molecule has 0 spiro atoms. The van der Waals surface area contributed by atoms with E-state index >= 15 is 0 Å². The Labute approximate surface area is 66.0 Å². The number of carbonyl (C=O) groups is 1. The van der Waals surface area contributed by atoms with Gasteiger partial charge in [0.15, 0.2) is 0 Å². The maximum Gasteiger partial charge on any atom is 0.312 e. The Bertz CT molecular complexity index is 116. The highest BCUT2D eigenvalue weighted by Crippen LogP contribution is 1.72. The van der Waals surface area contributed by atoms with Crippen LogP contribution in [-0.2, 0) is 0 Å². The van der Waals surface area contributed by atoms with E-state index in [9.17, 15) is 4.79 Å². The summed E-state index contributed by atoms with van der Waals surface area (Å²) in [6.07, 6.45) is -0.358. The Morgan fingerprint density at radius 2 is 2.27 bits per heavy atom. The predicted molar refractivity (Wildman–Crippen MR) is 42.1 cm³/mol. The van der Waals surface area contributed by atoms with E-state index in [1.165, 1.54) is 0 Å². The second kappa shape index (κ2) is 5.94. The summed E-state index contributed by atoms with van der Waals surface area (Å²) in [5.41, 5.74) is 4.81. The Balaban J connectivity index is 2.97. The van der Waals surface area contributed by atoms with Crippen LogP contribution in [-0.4, -0.2) is 36.9 Å². The molecule has 0 bridgehead atoms. The number of nitrogens with two attached hydrogens (primary N) is 1. The van der Waals surface area contributed by atoms with Crippen LogP contribution in [0.4, 0.5) is 4.79 Å². The SMILES string of the molecule is CC(O)CNCCNC(N)=O. The molecule has 0 aromatic heterocycles. The number of urea groups is 1. The lowest BCUT2D eigenvalue weighted by molar-refractivity contribution is 0.191. The standard InChI is InChI=1S/C6H15N3O2/c1-5(10)4-8-2-3-9-6(7)11/h5,8,10H,2-4H2,1H3,(H3,7,9,11). The van der Waals surface area contributed by atoms with Crippen LogP contribution in [0.5, 0.6) is 0 Å². The Morgan fingerprint density at radius 3 is 2.73 bits per heavy atom. The quantitative estimate of drug-likeness (QED) is 0.375. The summed E-state index contributed by atoms with van der Waals surface area (Å²) in [6.45, 7) is 3.32. The lowest BCUT2D eigenvalue weighted by Crippen LogP contribution is -2.37. The van der Waals surface area contributed by atoms with Gasteiger partial charge >= 0.3 is 6.03 Å². The van der Waals surface area contributed by atoms with Gasteiger partial charge in [-0.25, -0.2) is 4.79 Å². The highest BCUT2D eigenvalue weighted by molar-refractivity contribution is 5.71. The van der Waals surface area contributed by atoms with E-state index in [4.69, 9.17) is 10.8 Å². The van der Waals surface area contributed by atoms with Gasteiger partial charge < -0.3 is 21.5 Å². The van der Waals surface area contributed by atoms with E-state index < -0.39 is 6.03 Å². The fraction of sp³-hybridized carbons (Fsp3) is 0.833. The zero-order valence-corrected chi connectivity index (χ0v) is 6.63. The summed E-state index contributed by atoms with van der Waals surface area (Å²) < 4.78 is 0. The highest BCUT2D eigenvalue weighted by atomic mass is 16.3. The summed E-state index contributed by atoms with van der Waals surface area (Å²) >= 11 is 0. The van der Waals surface area contributed by atoms with Crippen LogP contribution in [0.25, 0.3) is 0 Å². The number of aliphatic hydroxyl groups is 1. The van der Waals surface area contributed by atoms with Gasteiger partial charge in [0.05, 0.1) is 6.10 Å². The summed E-state index contributed by atoms with van der Waals surface area (Å²) in [4.78, 5) is 10.1. The second-order valence-electron chi connectivity index (χ2n) is 2.34. The average Bonchev–Trinajstić information content (AvgIpc) is 1.85. The minimum atomic E-state index is -0.524. The van der Waals surface area contributed by atoms with Gasteiger partial charge in [0, 0.05) is 19.6 Å². The number of hydrogen-bond donors (Lipinski definition) is 4. The van der Waals surface area contributed by atoms with Crippen LogP contribution in [0.1, 0.15) is 6.92 Å². The van der Waals surface area contributed by atoms with Crippen molar-refractivity contribution >= 4 is 6.03 Å². The van der Waals surface area contributed by atoms with E-state index in [2.05, 4.69) is 10.6 Å². The zero-order chi connectivity index (χ0) is 8.69. The molecule has 0 rings (SSSR count). The summed E-state index contributed by atoms with van der Waals surface area (Å²) in [5, 5.41) is 14.1. The van der Waals surface area contributed by atoms with Crippen molar-refractivity contribution in [1.29, 1.82) is 0 Å². The highest BCUT2D eigenvalue weighted by Gasteiger charge is 1.93. The number of hydrogen-bond acceptors (Lipinski definition) is 3. The lowest BCUT2D eigenvalue weighted by atomic mass is 10.4. The van der Waals surface area contributed by atoms with Gasteiger partial charge in [0.1, 0.15) is 0 Å². The van der Waals surface area contributed by atoms with Gasteiger partial charge in [-0.05, 0) is 6.92 Å². The molecule has 0 aliphatic rings. The smallest absolute Gasteiger partial charge is 0.312 e. The van der Waals surface area contributed by atoms with E-state index in [0.717, 1.165) is 0 Å². The number of primary amides is 1.